The molecule has 1 aromatic heterocycles. The Hall–Kier alpha value is -3.31. The van der Waals surface area contributed by atoms with Gasteiger partial charge in [0, 0.05) is 16.9 Å². The van der Waals surface area contributed by atoms with Gasteiger partial charge in [0.2, 0.25) is 17.6 Å². The van der Waals surface area contributed by atoms with Crippen LogP contribution in [-0.4, -0.2) is 31.1 Å². The highest BCUT2D eigenvalue weighted by molar-refractivity contribution is 7.92. The molecule has 1 heterocycles. The van der Waals surface area contributed by atoms with Crippen LogP contribution in [-0.2, 0) is 14.8 Å². The molecule has 2 atom stereocenters. The molecule has 0 saturated carbocycles. The molecule has 35 heavy (non-hydrogen) atoms. The number of hydrogen-bond donors (Lipinski definition) is 3. The predicted octanol–water partition coefficient (Wildman–Crippen LogP) is 4.52. The molecule has 0 aliphatic carbocycles. The second-order valence-corrected chi connectivity index (χ2v) is 10.7. The predicted molar refractivity (Wildman–Crippen MR) is 132 cm³/mol. The summed E-state index contributed by atoms with van der Waals surface area (Å²) in [6, 6.07) is 11.8. The maximum Gasteiger partial charge on any atom is 0.261 e. The van der Waals surface area contributed by atoms with E-state index in [1.165, 1.54) is 50.2 Å². The Morgan fingerprint density at radius 1 is 1.11 bits per heavy atom. The van der Waals surface area contributed by atoms with Crippen LogP contribution in [0, 0.1) is 11.3 Å². The summed E-state index contributed by atoms with van der Waals surface area (Å²) in [4.78, 5) is 16.5. The number of anilines is 2. The summed E-state index contributed by atoms with van der Waals surface area (Å²) in [5.74, 6) is 0.364. The highest BCUT2D eigenvalue weighted by Gasteiger charge is 2.27. The topological polar surface area (TPSA) is 140 Å². The number of hydrogen-bond acceptors (Lipinski definition) is 7. The van der Waals surface area contributed by atoms with Crippen molar-refractivity contribution in [3.63, 3.8) is 0 Å². The summed E-state index contributed by atoms with van der Waals surface area (Å²) in [5, 5.41) is 6.56. The third-order valence-electron chi connectivity index (χ3n) is 5.75. The number of halogens is 1. The Bertz CT molecular complexity index is 1260. The zero-order chi connectivity index (χ0) is 25.8. The zero-order valence-electron chi connectivity index (χ0n) is 20.1. The van der Waals surface area contributed by atoms with Gasteiger partial charge in [-0.25, -0.2) is 12.8 Å². The summed E-state index contributed by atoms with van der Waals surface area (Å²) < 4.78 is 46.3. The minimum atomic E-state index is -3.87. The number of amides is 1. The van der Waals surface area contributed by atoms with Crippen LogP contribution in [0.1, 0.15) is 46.0 Å². The SMILES string of the molecule is CCC(C)[C@H](N)c1nc(-c2ccc(S(=O)(=O)Nc3ccc(NC(=O)C(C)(C)CF)cc3)cc2)no1. The molecule has 4 N–H and O–H groups in total. The first-order valence-electron chi connectivity index (χ1n) is 11.2. The van der Waals surface area contributed by atoms with Crippen molar-refractivity contribution in [1.82, 2.24) is 10.1 Å². The molecular weight excluding hydrogens is 473 g/mol. The van der Waals surface area contributed by atoms with Gasteiger partial charge in [-0.1, -0.05) is 25.4 Å². The molecule has 0 aliphatic heterocycles. The summed E-state index contributed by atoms with van der Waals surface area (Å²) in [6.45, 7) is 6.22. The van der Waals surface area contributed by atoms with Gasteiger partial charge in [0.05, 0.1) is 16.4 Å². The molecule has 0 aliphatic rings. The minimum absolute atomic E-state index is 0.0448. The van der Waals surface area contributed by atoms with Gasteiger partial charge < -0.3 is 15.6 Å². The number of carbonyl (C=O) groups is 1. The van der Waals surface area contributed by atoms with Crippen LogP contribution in [0.25, 0.3) is 11.4 Å². The fourth-order valence-corrected chi connectivity index (χ4v) is 4.02. The van der Waals surface area contributed by atoms with Crippen molar-refractivity contribution in [1.29, 1.82) is 0 Å². The lowest BCUT2D eigenvalue weighted by Crippen LogP contribution is -2.32. The number of carbonyl (C=O) groups excluding carboxylic acids is 1. The Morgan fingerprint density at radius 3 is 2.29 bits per heavy atom. The van der Waals surface area contributed by atoms with Gasteiger partial charge >= 0.3 is 0 Å². The van der Waals surface area contributed by atoms with Crippen molar-refractivity contribution < 1.29 is 22.1 Å². The lowest BCUT2D eigenvalue weighted by atomic mass is 9.94. The molecule has 3 rings (SSSR count). The van der Waals surface area contributed by atoms with Gasteiger partial charge in [-0.2, -0.15) is 4.98 Å². The monoisotopic (exact) mass is 503 g/mol. The number of nitrogens with two attached hydrogens (primary N) is 1. The average Bonchev–Trinajstić information content (AvgIpc) is 3.34. The Morgan fingerprint density at radius 2 is 1.71 bits per heavy atom. The van der Waals surface area contributed by atoms with Crippen LogP contribution in [0.4, 0.5) is 15.8 Å². The third-order valence-corrected chi connectivity index (χ3v) is 7.15. The number of nitrogens with zero attached hydrogens (tertiary/aromatic N) is 2. The van der Waals surface area contributed by atoms with Crippen LogP contribution in [0.3, 0.4) is 0 Å². The first-order chi connectivity index (χ1) is 16.5. The van der Waals surface area contributed by atoms with E-state index < -0.39 is 28.0 Å². The Kier molecular flexibility index (Phi) is 7.91. The second kappa shape index (κ2) is 10.5. The van der Waals surface area contributed by atoms with Crippen molar-refractivity contribution >= 4 is 27.3 Å². The standard InChI is InChI=1S/C24H30FN5O4S/c1-5-15(2)20(26)22-28-21(29-34-22)16-6-12-19(13-7-16)35(32,33)30-18-10-8-17(9-11-18)27-23(31)24(3,4)14-25/h6-13,15,20,30H,5,14,26H2,1-4H3,(H,27,31)/t15?,20-/m0/s1. The normalized spacial score (nSPS) is 13.8. The lowest BCUT2D eigenvalue weighted by molar-refractivity contribution is -0.124. The number of alkyl halides is 1. The number of rotatable bonds is 10. The number of sulfonamides is 1. The largest absolute Gasteiger partial charge is 0.337 e. The molecular formula is C24H30FN5O4S. The van der Waals surface area contributed by atoms with Crippen LogP contribution in [0.15, 0.2) is 57.9 Å². The van der Waals surface area contributed by atoms with E-state index in [0.717, 1.165) is 6.42 Å². The molecule has 188 valence electrons. The van der Waals surface area contributed by atoms with Gasteiger partial charge in [-0.05, 0) is 68.3 Å². The van der Waals surface area contributed by atoms with Crippen LogP contribution in [0.5, 0.6) is 0 Å². The van der Waals surface area contributed by atoms with Crippen molar-refractivity contribution in [2.24, 2.45) is 17.1 Å². The number of benzene rings is 2. The number of nitrogens with one attached hydrogen (secondary N) is 2. The van der Waals surface area contributed by atoms with Crippen LogP contribution < -0.4 is 15.8 Å². The smallest absolute Gasteiger partial charge is 0.261 e. The maximum atomic E-state index is 13.0. The summed E-state index contributed by atoms with van der Waals surface area (Å²) in [6.07, 6.45) is 0.868. The fraction of sp³-hybridized carbons (Fsp3) is 0.375. The van der Waals surface area contributed by atoms with Crippen LogP contribution >= 0.6 is 0 Å². The quantitative estimate of drug-likeness (QED) is 0.369. The summed E-state index contributed by atoms with van der Waals surface area (Å²) >= 11 is 0. The van der Waals surface area contributed by atoms with Crippen LogP contribution in [0.2, 0.25) is 0 Å². The van der Waals surface area contributed by atoms with Crippen molar-refractivity contribution in [3.8, 4) is 11.4 Å². The van der Waals surface area contributed by atoms with E-state index in [4.69, 9.17) is 10.3 Å². The highest BCUT2D eigenvalue weighted by Crippen LogP contribution is 2.25. The van der Waals surface area contributed by atoms with Gasteiger partial charge in [0.1, 0.15) is 6.67 Å². The molecule has 3 aromatic rings. The Labute approximate surface area is 204 Å². The third kappa shape index (κ3) is 6.23. The molecule has 0 fully saturated rings. The van der Waals surface area contributed by atoms with E-state index in [9.17, 15) is 17.6 Å². The average molecular weight is 504 g/mol. The first kappa shape index (κ1) is 26.3. The van der Waals surface area contributed by atoms with Gasteiger partial charge in [-0.3, -0.25) is 9.52 Å². The second-order valence-electron chi connectivity index (χ2n) is 9.05. The van der Waals surface area contributed by atoms with E-state index >= 15 is 0 Å². The molecule has 11 heteroatoms. The van der Waals surface area contributed by atoms with Gasteiger partial charge in [-0.15, -0.1) is 0 Å². The summed E-state index contributed by atoms with van der Waals surface area (Å²) in [5.41, 5.74) is 6.30. The highest BCUT2D eigenvalue weighted by atomic mass is 32.2. The molecule has 9 nitrogen and oxygen atoms in total. The Balaban J connectivity index is 1.69. The maximum absolute atomic E-state index is 13.0. The van der Waals surface area contributed by atoms with Crippen molar-refractivity contribution in [2.75, 3.05) is 16.7 Å². The number of aromatic nitrogens is 2. The zero-order valence-corrected chi connectivity index (χ0v) is 20.9. The van der Waals surface area contributed by atoms with E-state index in [0.29, 0.717) is 28.7 Å². The molecule has 2 aromatic carbocycles. The first-order valence-corrected chi connectivity index (χ1v) is 12.6. The van der Waals surface area contributed by atoms with E-state index in [1.54, 1.807) is 12.1 Å². The van der Waals surface area contributed by atoms with Gasteiger partial charge in [0.25, 0.3) is 10.0 Å². The van der Waals surface area contributed by atoms with Crippen molar-refractivity contribution in [2.45, 2.75) is 45.1 Å². The molecule has 0 radical (unpaired) electrons. The molecule has 0 spiro atoms. The fourth-order valence-electron chi connectivity index (χ4n) is 2.96. The van der Waals surface area contributed by atoms with E-state index in [2.05, 4.69) is 20.2 Å². The molecule has 0 saturated heterocycles. The van der Waals surface area contributed by atoms with E-state index in [1.807, 2.05) is 13.8 Å². The molecule has 1 unspecified atom stereocenters. The molecule has 0 bridgehead atoms. The summed E-state index contributed by atoms with van der Waals surface area (Å²) in [7, 11) is -3.87. The molecule has 1 amide bonds. The van der Waals surface area contributed by atoms with Gasteiger partial charge in [0.15, 0.2) is 0 Å². The van der Waals surface area contributed by atoms with Crippen molar-refractivity contribution in [3.05, 3.63) is 54.4 Å². The minimum Gasteiger partial charge on any atom is -0.337 e. The lowest BCUT2D eigenvalue weighted by Gasteiger charge is -2.19. The van der Waals surface area contributed by atoms with E-state index in [-0.39, 0.29) is 16.9 Å².